The summed E-state index contributed by atoms with van der Waals surface area (Å²) < 4.78 is 0. The molecule has 1 rings (SSSR count). The zero-order chi connectivity index (χ0) is 14.1. The molecule has 19 heavy (non-hydrogen) atoms. The van der Waals surface area contributed by atoms with Gasteiger partial charge in [0.2, 0.25) is 0 Å². The molecular weight excluding hydrogens is 254 g/mol. The number of halogens is 1. The van der Waals surface area contributed by atoms with Crippen molar-refractivity contribution in [2.75, 3.05) is 13.6 Å². The van der Waals surface area contributed by atoms with E-state index in [2.05, 4.69) is 31.3 Å². The van der Waals surface area contributed by atoms with Gasteiger partial charge in [-0.1, -0.05) is 69.3 Å². The Morgan fingerprint density at radius 3 is 2.53 bits per heavy atom. The summed E-state index contributed by atoms with van der Waals surface area (Å²) in [7, 11) is 2.02. The van der Waals surface area contributed by atoms with E-state index >= 15 is 0 Å². The largest absolute Gasteiger partial charge is 0.319 e. The van der Waals surface area contributed by atoms with Crippen molar-refractivity contribution in [2.24, 2.45) is 5.92 Å². The smallest absolute Gasteiger partial charge is 0.0441 e. The van der Waals surface area contributed by atoms with E-state index in [1.807, 2.05) is 19.2 Å². The van der Waals surface area contributed by atoms with Crippen LogP contribution in [-0.4, -0.2) is 13.6 Å². The number of hydrogen-bond donors (Lipinski definition) is 1. The molecule has 0 heterocycles. The molecule has 0 aliphatic heterocycles. The van der Waals surface area contributed by atoms with Gasteiger partial charge >= 0.3 is 0 Å². The Hall–Kier alpha value is -0.530. The molecule has 1 nitrogen and oxygen atoms in total. The van der Waals surface area contributed by atoms with Crippen molar-refractivity contribution in [2.45, 2.75) is 51.9 Å². The van der Waals surface area contributed by atoms with Gasteiger partial charge in [-0.2, -0.15) is 0 Å². The lowest BCUT2D eigenvalue weighted by molar-refractivity contribution is 0.380. The summed E-state index contributed by atoms with van der Waals surface area (Å²) in [6, 6.07) is 8.29. The molecule has 1 aromatic rings. The van der Waals surface area contributed by atoms with Crippen molar-refractivity contribution in [1.82, 2.24) is 5.32 Å². The van der Waals surface area contributed by atoms with Gasteiger partial charge in [-0.05, 0) is 36.9 Å². The van der Waals surface area contributed by atoms with Crippen molar-refractivity contribution in [1.29, 1.82) is 0 Å². The van der Waals surface area contributed by atoms with Crippen LogP contribution in [0.3, 0.4) is 0 Å². The Balaban J connectivity index is 2.74. The lowest BCUT2D eigenvalue weighted by Crippen LogP contribution is -2.20. The minimum atomic E-state index is 0.528. The van der Waals surface area contributed by atoms with Gasteiger partial charge in [0.15, 0.2) is 0 Å². The molecule has 0 aliphatic rings. The molecule has 1 aromatic carbocycles. The summed E-state index contributed by atoms with van der Waals surface area (Å²) in [6.45, 7) is 5.58. The summed E-state index contributed by atoms with van der Waals surface area (Å²) in [5, 5.41) is 4.23. The van der Waals surface area contributed by atoms with Gasteiger partial charge in [-0.15, -0.1) is 0 Å². The zero-order valence-electron chi connectivity index (χ0n) is 12.6. The van der Waals surface area contributed by atoms with Crippen LogP contribution in [0.5, 0.6) is 0 Å². The first kappa shape index (κ1) is 16.5. The Morgan fingerprint density at radius 1 is 1.21 bits per heavy atom. The van der Waals surface area contributed by atoms with Gasteiger partial charge in [0, 0.05) is 11.6 Å². The van der Waals surface area contributed by atoms with Crippen molar-refractivity contribution in [3.05, 3.63) is 34.9 Å². The Bertz CT molecular complexity index is 351. The second-order valence-electron chi connectivity index (χ2n) is 5.43. The molecule has 2 unspecified atom stereocenters. The van der Waals surface area contributed by atoms with E-state index in [0.717, 1.165) is 17.5 Å². The summed E-state index contributed by atoms with van der Waals surface area (Å²) >= 11 is 6.36. The third kappa shape index (κ3) is 5.54. The van der Waals surface area contributed by atoms with E-state index < -0.39 is 0 Å². The minimum absolute atomic E-state index is 0.528. The van der Waals surface area contributed by atoms with Gasteiger partial charge in [0.05, 0.1) is 0 Å². The first-order chi connectivity index (χ1) is 9.22. The predicted molar refractivity (Wildman–Crippen MR) is 86.0 cm³/mol. The van der Waals surface area contributed by atoms with E-state index in [0.29, 0.717) is 5.92 Å². The van der Waals surface area contributed by atoms with Crippen LogP contribution in [0.25, 0.3) is 0 Å². The van der Waals surface area contributed by atoms with Crippen molar-refractivity contribution in [3.63, 3.8) is 0 Å². The van der Waals surface area contributed by atoms with Gasteiger partial charge in [0.25, 0.3) is 0 Å². The average molecular weight is 282 g/mol. The number of rotatable bonds is 9. The molecule has 0 saturated carbocycles. The molecule has 0 bridgehead atoms. The fourth-order valence-corrected chi connectivity index (χ4v) is 3.05. The van der Waals surface area contributed by atoms with Crippen LogP contribution in [0.4, 0.5) is 0 Å². The predicted octanol–water partition coefficient (Wildman–Crippen LogP) is 5.25. The van der Waals surface area contributed by atoms with Crippen LogP contribution in [0.1, 0.15) is 57.4 Å². The highest BCUT2D eigenvalue weighted by molar-refractivity contribution is 6.31. The quantitative estimate of drug-likeness (QED) is 0.652. The highest BCUT2D eigenvalue weighted by Crippen LogP contribution is 2.32. The SMILES string of the molecule is CCCCC(CC)CC(CNC)c1ccccc1Cl. The first-order valence-corrected chi connectivity index (χ1v) is 7.99. The summed E-state index contributed by atoms with van der Waals surface area (Å²) in [4.78, 5) is 0. The first-order valence-electron chi connectivity index (χ1n) is 7.61. The van der Waals surface area contributed by atoms with Crippen molar-refractivity contribution in [3.8, 4) is 0 Å². The topological polar surface area (TPSA) is 12.0 Å². The van der Waals surface area contributed by atoms with Crippen LogP contribution in [0.2, 0.25) is 5.02 Å². The normalized spacial score (nSPS) is 14.3. The summed E-state index contributed by atoms with van der Waals surface area (Å²) in [6.07, 6.45) is 6.48. The van der Waals surface area contributed by atoms with Crippen LogP contribution in [-0.2, 0) is 0 Å². The van der Waals surface area contributed by atoms with E-state index in [9.17, 15) is 0 Å². The molecule has 0 aromatic heterocycles. The fraction of sp³-hybridized carbons (Fsp3) is 0.647. The highest BCUT2D eigenvalue weighted by Gasteiger charge is 2.18. The molecule has 108 valence electrons. The zero-order valence-corrected chi connectivity index (χ0v) is 13.3. The van der Waals surface area contributed by atoms with Gasteiger partial charge in [-0.25, -0.2) is 0 Å². The third-order valence-corrected chi connectivity index (χ3v) is 4.30. The number of likely N-dealkylation sites (N-methyl/N-ethyl adjacent to an activating group) is 1. The molecule has 0 amide bonds. The molecule has 0 saturated heterocycles. The number of hydrogen-bond acceptors (Lipinski definition) is 1. The van der Waals surface area contributed by atoms with Crippen LogP contribution in [0.15, 0.2) is 24.3 Å². The second kappa shape index (κ2) is 9.39. The van der Waals surface area contributed by atoms with Crippen molar-refractivity contribution >= 4 is 11.6 Å². The van der Waals surface area contributed by atoms with Gasteiger partial charge in [0.1, 0.15) is 0 Å². The van der Waals surface area contributed by atoms with Crippen LogP contribution in [0, 0.1) is 5.92 Å². The lowest BCUT2D eigenvalue weighted by atomic mass is 9.85. The maximum Gasteiger partial charge on any atom is 0.0441 e. The number of nitrogens with one attached hydrogen (secondary N) is 1. The van der Waals surface area contributed by atoms with Gasteiger partial charge < -0.3 is 5.32 Å². The Labute approximate surface area is 123 Å². The molecule has 2 atom stereocenters. The molecular formula is C17H28ClN. The maximum absolute atomic E-state index is 6.36. The fourth-order valence-electron chi connectivity index (χ4n) is 2.76. The van der Waals surface area contributed by atoms with Crippen molar-refractivity contribution < 1.29 is 0 Å². The monoisotopic (exact) mass is 281 g/mol. The number of benzene rings is 1. The summed E-state index contributed by atoms with van der Waals surface area (Å²) in [5.41, 5.74) is 1.30. The van der Waals surface area contributed by atoms with Gasteiger partial charge in [-0.3, -0.25) is 0 Å². The lowest BCUT2D eigenvalue weighted by Gasteiger charge is -2.24. The second-order valence-corrected chi connectivity index (χ2v) is 5.84. The van der Waals surface area contributed by atoms with Crippen LogP contribution >= 0.6 is 11.6 Å². The Morgan fingerprint density at radius 2 is 1.95 bits per heavy atom. The average Bonchev–Trinajstić information content (AvgIpc) is 2.43. The highest BCUT2D eigenvalue weighted by atomic mass is 35.5. The molecule has 0 radical (unpaired) electrons. The summed E-state index contributed by atoms with van der Waals surface area (Å²) in [5.74, 6) is 1.34. The maximum atomic E-state index is 6.36. The standard InChI is InChI=1S/C17H28ClN/c1-4-6-9-14(5-2)12-15(13-19-3)16-10-7-8-11-17(16)18/h7-8,10-11,14-15,19H,4-6,9,12-13H2,1-3H3. The van der Waals surface area contributed by atoms with E-state index in [-0.39, 0.29) is 0 Å². The molecule has 1 N–H and O–H groups in total. The third-order valence-electron chi connectivity index (χ3n) is 3.96. The molecule has 0 fully saturated rings. The van der Waals surface area contributed by atoms with E-state index in [4.69, 9.17) is 11.6 Å². The Kier molecular flexibility index (Phi) is 8.16. The number of unbranched alkanes of at least 4 members (excludes halogenated alkanes) is 1. The van der Waals surface area contributed by atoms with Crippen LogP contribution < -0.4 is 5.32 Å². The molecule has 2 heteroatoms. The molecule has 0 aliphatic carbocycles. The minimum Gasteiger partial charge on any atom is -0.319 e. The van der Waals surface area contributed by atoms with E-state index in [1.54, 1.807) is 0 Å². The van der Waals surface area contributed by atoms with E-state index in [1.165, 1.54) is 37.7 Å². The molecule has 0 spiro atoms.